The summed E-state index contributed by atoms with van der Waals surface area (Å²) >= 11 is 0.438. The van der Waals surface area contributed by atoms with Gasteiger partial charge in [0.25, 0.3) is 5.76 Å². The summed E-state index contributed by atoms with van der Waals surface area (Å²) in [7, 11) is 0. The van der Waals surface area contributed by atoms with Crippen LogP contribution < -0.4 is 10.6 Å². The summed E-state index contributed by atoms with van der Waals surface area (Å²) in [5, 5.41) is 5.65. The van der Waals surface area contributed by atoms with Gasteiger partial charge in [-0.25, -0.2) is 4.79 Å². The van der Waals surface area contributed by atoms with Gasteiger partial charge in [-0.15, -0.1) is 0 Å². The van der Waals surface area contributed by atoms with Gasteiger partial charge in [0.05, 0.1) is 11.7 Å². The number of alkyl halides is 2. The Morgan fingerprint density at radius 2 is 1.86 bits per heavy atom. The van der Waals surface area contributed by atoms with Gasteiger partial charge < -0.3 is 10.6 Å². The van der Waals surface area contributed by atoms with Gasteiger partial charge in [-0.2, -0.15) is 8.78 Å². The Balaban J connectivity index is 1.71. The first-order valence-electron chi connectivity index (χ1n) is 9.08. The SMILES string of the molecule is Cc1ccc(CC(NC(=O)Nc2cccc(SC(F)F)c2)c2ccccn2)cc1. The Morgan fingerprint density at radius 3 is 2.55 bits per heavy atom. The number of aryl methyl sites for hydroxylation is 1. The van der Waals surface area contributed by atoms with Crippen LogP contribution in [0, 0.1) is 6.92 Å². The second kappa shape index (κ2) is 10.0. The van der Waals surface area contributed by atoms with Gasteiger partial charge in [0.15, 0.2) is 0 Å². The van der Waals surface area contributed by atoms with Crippen LogP contribution in [0.25, 0.3) is 0 Å². The van der Waals surface area contributed by atoms with Crippen LogP contribution in [0.3, 0.4) is 0 Å². The second-order valence-corrected chi connectivity index (χ2v) is 7.57. The quantitative estimate of drug-likeness (QED) is 0.481. The monoisotopic (exact) mass is 413 g/mol. The molecule has 0 bridgehead atoms. The largest absolute Gasteiger partial charge is 0.329 e. The summed E-state index contributed by atoms with van der Waals surface area (Å²) in [5.41, 5.74) is 3.42. The molecule has 1 atom stereocenters. The number of carbonyl (C=O) groups excluding carboxylic acids is 1. The molecule has 0 fully saturated rings. The molecule has 7 heteroatoms. The summed E-state index contributed by atoms with van der Waals surface area (Å²) in [6, 6.07) is 19.3. The van der Waals surface area contributed by atoms with Gasteiger partial charge in [0.2, 0.25) is 0 Å². The number of benzene rings is 2. The van der Waals surface area contributed by atoms with Crippen molar-refractivity contribution in [1.29, 1.82) is 0 Å². The third-order valence-corrected chi connectivity index (χ3v) is 4.93. The topological polar surface area (TPSA) is 54.0 Å². The minimum atomic E-state index is -2.51. The van der Waals surface area contributed by atoms with Crippen LogP contribution in [0.5, 0.6) is 0 Å². The fourth-order valence-corrected chi connectivity index (χ4v) is 3.40. The lowest BCUT2D eigenvalue weighted by Gasteiger charge is -2.19. The van der Waals surface area contributed by atoms with Gasteiger partial charge >= 0.3 is 6.03 Å². The third-order valence-electron chi connectivity index (χ3n) is 4.23. The first kappa shape index (κ1) is 20.8. The van der Waals surface area contributed by atoms with Crippen molar-refractivity contribution in [2.45, 2.75) is 30.0 Å². The van der Waals surface area contributed by atoms with E-state index >= 15 is 0 Å². The highest BCUT2D eigenvalue weighted by atomic mass is 32.2. The molecule has 2 N–H and O–H groups in total. The molecule has 2 aromatic carbocycles. The third kappa shape index (κ3) is 6.57. The Bertz CT molecular complexity index is 936. The van der Waals surface area contributed by atoms with Gasteiger partial charge in [0, 0.05) is 16.8 Å². The zero-order chi connectivity index (χ0) is 20.6. The van der Waals surface area contributed by atoms with Crippen molar-refractivity contribution in [3.63, 3.8) is 0 Å². The number of urea groups is 1. The minimum absolute atomic E-state index is 0.336. The molecule has 2 amide bonds. The maximum atomic E-state index is 12.6. The number of amides is 2. The lowest BCUT2D eigenvalue weighted by Crippen LogP contribution is -2.34. The van der Waals surface area contributed by atoms with Crippen molar-refractivity contribution in [2.24, 2.45) is 0 Å². The molecule has 4 nitrogen and oxygen atoms in total. The molecule has 0 aliphatic rings. The van der Waals surface area contributed by atoms with E-state index in [0.29, 0.717) is 28.8 Å². The summed E-state index contributed by atoms with van der Waals surface area (Å²) in [6.07, 6.45) is 2.26. The Hall–Kier alpha value is -2.93. The number of hydrogen-bond donors (Lipinski definition) is 2. The van der Waals surface area contributed by atoms with Crippen molar-refractivity contribution in [2.75, 3.05) is 5.32 Å². The smallest absolute Gasteiger partial charge is 0.319 e. The van der Waals surface area contributed by atoms with Gasteiger partial charge in [-0.05, 0) is 49.2 Å². The molecule has 0 aliphatic heterocycles. The molecule has 150 valence electrons. The number of nitrogens with zero attached hydrogens (tertiary/aromatic N) is 1. The van der Waals surface area contributed by atoms with Crippen LogP contribution in [0.2, 0.25) is 0 Å². The molecule has 0 radical (unpaired) electrons. The van der Waals surface area contributed by atoms with E-state index < -0.39 is 11.8 Å². The van der Waals surface area contributed by atoms with Crippen LogP contribution in [0.15, 0.2) is 77.8 Å². The summed E-state index contributed by atoms with van der Waals surface area (Å²) in [5.74, 6) is -2.51. The normalized spacial score (nSPS) is 11.9. The van der Waals surface area contributed by atoms with Gasteiger partial charge in [-0.1, -0.05) is 53.7 Å². The Kier molecular flexibility index (Phi) is 7.19. The van der Waals surface area contributed by atoms with Crippen LogP contribution in [-0.4, -0.2) is 16.8 Å². The van der Waals surface area contributed by atoms with Crippen molar-refractivity contribution in [3.05, 3.63) is 89.7 Å². The number of anilines is 1. The van der Waals surface area contributed by atoms with Crippen molar-refractivity contribution < 1.29 is 13.6 Å². The molecule has 1 aromatic heterocycles. The number of pyridine rings is 1. The predicted molar refractivity (Wildman–Crippen MR) is 112 cm³/mol. The number of halogens is 2. The van der Waals surface area contributed by atoms with Crippen LogP contribution >= 0.6 is 11.8 Å². The average molecular weight is 413 g/mol. The molecule has 0 spiro atoms. The maximum Gasteiger partial charge on any atom is 0.319 e. The van der Waals surface area contributed by atoms with Crippen molar-refractivity contribution >= 4 is 23.5 Å². The number of rotatable bonds is 7. The molecule has 0 aliphatic carbocycles. The Morgan fingerprint density at radius 1 is 1.07 bits per heavy atom. The van der Waals surface area contributed by atoms with E-state index in [1.807, 2.05) is 49.4 Å². The molecule has 1 heterocycles. The fourth-order valence-electron chi connectivity index (χ4n) is 2.85. The molecular weight excluding hydrogens is 392 g/mol. The summed E-state index contributed by atoms with van der Waals surface area (Å²) < 4.78 is 25.1. The minimum Gasteiger partial charge on any atom is -0.329 e. The molecule has 1 unspecified atom stereocenters. The lowest BCUT2D eigenvalue weighted by molar-refractivity contribution is 0.248. The van der Waals surface area contributed by atoms with Gasteiger partial charge in [0.1, 0.15) is 0 Å². The first-order valence-corrected chi connectivity index (χ1v) is 9.96. The maximum absolute atomic E-state index is 12.6. The Labute approximate surface area is 172 Å². The molecule has 0 saturated heterocycles. The van der Waals surface area contributed by atoms with Crippen molar-refractivity contribution in [1.82, 2.24) is 10.3 Å². The number of hydrogen-bond acceptors (Lipinski definition) is 3. The first-order chi connectivity index (χ1) is 14.0. The molecule has 3 aromatic rings. The average Bonchev–Trinajstić information content (AvgIpc) is 2.69. The molecule has 29 heavy (non-hydrogen) atoms. The summed E-state index contributed by atoms with van der Waals surface area (Å²) in [4.78, 5) is 17.3. The second-order valence-electron chi connectivity index (χ2n) is 6.50. The van der Waals surface area contributed by atoms with E-state index in [2.05, 4.69) is 15.6 Å². The standard InChI is InChI=1S/C22H21F2N3OS/c1-15-8-10-16(11-9-15)13-20(19-7-2-3-12-25-19)27-22(28)26-17-5-4-6-18(14-17)29-21(23)24/h2-12,14,20-21H,13H2,1H3,(H2,26,27,28). The van der Waals surface area contributed by atoms with E-state index in [1.165, 1.54) is 6.07 Å². The summed E-state index contributed by atoms with van der Waals surface area (Å²) in [6.45, 7) is 2.02. The van der Waals surface area contributed by atoms with E-state index in [0.717, 1.165) is 16.8 Å². The number of nitrogens with one attached hydrogen (secondary N) is 2. The molecular formula is C22H21F2N3OS. The zero-order valence-corrected chi connectivity index (χ0v) is 16.6. The van der Waals surface area contributed by atoms with Crippen LogP contribution in [0.1, 0.15) is 22.9 Å². The van der Waals surface area contributed by atoms with Crippen LogP contribution in [-0.2, 0) is 6.42 Å². The van der Waals surface area contributed by atoms with Gasteiger partial charge in [-0.3, -0.25) is 4.98 Å². The number of aromatic nitrogens is 1. The number of thioether (sulfide) groups is 1. The van der Waals surface area contributed by atoms with E-state index in [9.17, 15) is 13.6 Å². The predicted octanol–water partition coefficient (Wildman–Crippen LogP) is 5.81. The fraction of sp³-hybridized carbons (Fsp3) is 0.182. The molecule has 3 rings (SSSR count). The van der Waals surface area contributed by atoms with Crippen LogP contribution in [0.4, 0.5) is 19.3 Å². The molecule has 0 saturated carbocycles. The number of carbonyl (C=O) groups is 1. The highest BCUT2D eigenvalue weighted by Crippen LogP contribution is 2.27. The lowest BCUT2D eigenvalue weighted by atomic mass is 10.0. The highest BCUT2D eigenvalue weighted by molar-refractivity contribution is 7.99. The van der Waals surface area contributed by atoms with Crippen molar-refractivity contribution in [3.8, 4) is 0 Å². The van der Waals surface area contributed by atoms with E-state index in [4.69, 9.17) is 0 Å². The zero-order valence-electron chi connectivity index (χ0n) is 15.8. The van der Waals surface area contributed by atoms with E-state index in [-0.39, 0.29) is 6.04 Å². The highest BCUT2D eigenvalue weighted by Gasteiger charge is 2.17. The van der Waals surface area contributed by atoms with E-state index in [1.54, 1.807) is 24.4 Å².